The normalized spacial score (nSPS) is 13.4. The summed E-state index contributed by atoms with van der Waals surface area (Å²) in [4.78, 5) is 0. The first-order valence-corrected chi connectivity index (χ1v) is 3.35. The summed E-state index contributed by atoms with van der Waals surface area (Å²) in [6.07, 6.45) is 3.55. The monoisotopic (exact) mass is 140 g/mol. The Balaban J connectivity index is 2.50. The predicted molar refractivity (Wildman–Crippen MR) is 38.7 cm³/mol. The summed E-state index contributed by atoms with van der Waals surface area (Å²) >= 11 is 0. The zero-order chi connectivity index (χ0) is 7.40. The quantitative estimate of drug-likeness (QED) is 0.645. The molecule has 4 nitrogen and oxygen atoms in total. The van der Waals surface area contributed by atoms with Crippen LogP contribution in [0.15, 0.2) is 12.4 Å². The van der Waals surface area contributed by atoms with Crippen molar-refractivity contribution in [3.63, 3.8) is 0 Å². The van der Waals surface area contributed by atoms with E-state index in [4.69, 9.17) is 0 Å². The molecule has 1 rings (SSSR count). The third kappa shape index (κ3) is 1.54. The smallest absolute Gasteiger partial charge is 0.0693 e. The van der Waals surface area contributed by atoms with Crippen molar-refractivity contribution >= 4 is 0 Å². The molecule has 10 heavy (non-hydrogen) atoms. The van der Waals surface area contributed by atoms with Crippen molar-refractivity contribution in [3.8, 4) is 0 Å². The van der Waals surface area contributed by atoms with Crippen LogP contribution in [0.2, 0.25) is 0 Å². The third-order valence-electron chi connectivity index (χ3n) is 1.39. The first-order chi connectivity index (χ1) is 4.84. The molecular formula is C6H12N4. The van der Waals surface area contributed by atoms with Crippen LogP contribution in [0.4, 0.5) is 0 Å². The zero-order valence-corrected chi connectivity index (χ0v) is 6.28. The van der Waals surface area contributed by atoms with Gasteiger partial charge in [-0.2, -0.15) is 0 Å². The highest BCUT2D eigenvalue weighted by Gasteiger charge is 2.00. The molecule has 0 spiro atoms. The molecule has 1 aromatic heterocycles. The lowest BCUT2D eigenvalue weighted by Crippen LogP contribution is -2.20. The summed E-state index contributed by atoms with van der Waals surface area (Å²) in [5.74, 6) is 0. The van der Waals surface area contributed by atoms with Crippen LogP contribution < -0.4 is 5.32 Å². The van der Waals surface area contributed by atoms with Gasteiger partial charge >= 0.3 is 0 Å². The minimum Gasteiger partial charge on any atom is -0.318 e. The molecule has 0 amide bonds. The van der Waals surface area contributed by atoms with Crippen LogP contribution in [0.5, 0.6) is 0 Å². The van der Waals surface area contributed by atoms with Gasteiger partial charge in [0.15, 0.2) is 0 Å². The molecule has 1 N–H and O–H groups in total. The summed E-state index contributed by atoms with van der Waals surface area (Å²) in [7, 11) is 1.92. The van der Waals surface area contributed by atoms with E-state index in [9.17, 15) is 0 Å². The standard InChI is InChI=1S/C6H12N4/c1-6(5-7-2)10-4-3-8-9-10/h3-4,6-7H,5H2,1-2H3. The van der Waals surface area contributed by atoms with Gasteiger partial charge in [0.05, 0.1) is 12.2 Å². The molecule has 0 fully saturated rings. The van der Waals surface area contributed by atoms with Crippen LogP contribution >= 0.6 is 0 Å². The van der Waals surface area contributed by atoms with E-state index in [0.29, 0.717) is 6.04 Å². The van der Waals surface area contributed by atoms with Crippen LogP contribution in [0.3, 0.4) is 0 Å². The van der Waals surface area contributed by atoms with E-state index in [1.54, 1.807) is 6.20 Å². The molecule has 0 saturated heterocycles. The van der Waals surface area contributed by atoms with E-state index in [-0.39, 0.29) is 0 Å². The highest BCUT2D eigenvalue weighted by atomic mass is 15.4. The Morgan fingerprint density at radius 3 is 3.00 bits per heavy atom. The number of aromatic nitrogens is 3. The minimum absolute atomic E-state index is 0.382. The van der Waals surface area contributed by atoms with E-state index >= 15 is 0 Å². The van der Waals surface area contributed by atoms with Gasteiger partial charge in [-0.1, -0.05) is 5.21 Å². The van der Waals surface area contributed by atoms with Crippen LogP contribution in [-0.2, 0) is 0 Å². The number of hydrogen-bond donors (Lipinski definition) is 1. The summed E-state index contributed by atoms with van der Waals surface area (Å²) in [6.45, 7) is 3.01. The van der Waals surface area contributed by atoms with Crippen LogP contribution in [-0.4, -0.2) is 28.6 Å². The molecule has 0 aromatic carbocycles. The highest BCUT2D eigenvalue weighted by Crippen LogP contribution is 1.98. The van der Waals surface area contributed by atoms with Gasteiger partial charge < -0.3 is 5.32 Å². The van der Waals surface area contributed by atoms with Crippen molar-refractivity contribution in [2.45, 2.75) is 13.0 Å². The van der Waals surface area contributed by atoms with Crippen molar-refractivity contribution in [1.82, 2.24) is 20.3 Å². The first kappa shape index (κ1) is 7.21. The second-order valence-corrected chi connectivity index (χ2v) is 2.29. The van der Waals surface area contributed by atoms with E-state index in [1.165, 1.54) is 0 Å². The maximum atomic E-state index is 3.86. The molecule has 0 aliphatic rings. The van der Waals surface area contributed by atoms with Gasteiger partial charge in [0.25, 0.3) is 0 Å². The SMILES string of the molecule is CNCC(C)n1ccnn1. The number of nitrogens with one attached hydrogen (secondary N) is 1. The number of hydrogen-bond acceptors (Lipinski definition) is 3. The van der Waals surface area contributed by atoms with E-state index in [0.717, 1.165) is 6.54 Å². The maximum absolute atomic E-state index is 3.86. The van der Waals surface area contributed by atoms with Gasteiger partial charge in [-0.3, -0.25) is 0 Å². The maximum Gasteiger partial charge on any atom is 0.0693 e. The minimum atomic E-state index is 0.382. The second kappa shape index (κ2) is 3.31. The fourth-order valence-electron chi connectivity index (χ4n) is 0.841. The number of rotatable bonds is 3. The molecule has 0 aliphatic carbocycles. The molecule has 0 bridgehead atoms. The second-order valence-electron chi connectivity index (χ2n) is 2.29. The molecule has 1 unspecified atom stereocenters. The fourth-order valence-corrected chi connectivity index (χ4v) is 0.841. The van der Waals surface area contributed by atoms with Crippen molar-refractivity contribution in [1.29, 1.82) is 0 Å². The summed E-state index contributed by atoms with van der Waals surface area (Å²) in [5.41, 5.74) is 0. The highest BCUT2D eigenvalue weighted by molar-refractivity contribution is 4.70. The molecule has 0 aliphatic heterocycles. The molecule has 1 atom stereocenters. The summed E-state index contributed by atoms with van der Waals surface area (Å²) < 4.78 is 1.83. The Morgan fingerprint density at radius 1 is 1.70 bits per heavy atom. The molecule has 4 heteroatoms. The topological polar surface area (TPSA) is 42.7 Å². The molecule has 1 heterocycles. The average molecular weight is 140 g/mol. The van der Waals surface area contributed by atoms with Gasteiger partial charge in [0, 0.05) is 12.7 Å². The van der Waals surface area contributed by atoms with Gasteiger partial charge in [0.1, 0.15) is 0 Å². The molecule has 0 saturated carbocycles. The van der Waals surface area contributed by atoms with Crippen molar-refractivity contribution in [2.75, 3.05) is 13.6 Å². The molecule has 56 valence electrons. The van der Waals surface area contributed by atoms with E-state index in [2.05, 4.69) is 22.6 Å². The van der Waals surface area contributed by atoms with Crippen LogP contribution in [0, 0.1) is 0 Å². The predicted octanol–water partition coefficient (Wildman–Crippen LogP) is 0.0585. The lowest BCUT2D eigenvalue weighted by atomic mass is 10.3. The van der Waals surface area contributed by atoms with Crippen molar-refractivity contribution in [3.05, 3.63) is 12.4 Å². The summed E-state index contributed by atoms with van der Waals surface area (Å²) in [6, 6.07) is 0.382. The molecular weight excluding hydrogens is 128 g/mol. The average Bonchev–Trinajstić information content (AvgIpc) is 2.38. The zero-order valence-electron chi connectivity index (χ0n) is 6.28. The lowest BCUT2D eigenvalue weighted by molar-refractivity contribution is 0.458. The Kier molecular flexibility index (Phi) is 2.39. The first-order valence-electron chi connectivity index (χ1n) is 3.35. The van der Waals surface area contributed by atoms with Gasteiger partial charge in [0.2, 0.25) is 0 Å². The van der Waals surface area contributed by atoms with Crippen molar-refractivity contribution < 1.29 is 0 Å². The fraction of sp³-hybridized carbons (Fsp3) is 0.667. The number of nitrogens with zero attached hydrogens (tertiary/aromatic N) is 3. The van der Waals surface area contributed by atoms with Gasteiger partial charge in [-0.25, -0.2) is 4.68 Å². The largest absolute Gasteiger partial charge is 0.318 e. The Bertz CT molecular complexity index is 170. The van der Waals surface area contributed by atoms with Crippen LogP contribution in [0.25, 0.3) is 0 Å². The van der Waals surface area contributed by atoms with Gasteiger partial charge in [-0.15, -0.1) is 5.10 Å². The Hall–Kier alpha value is -0.900. The molecule has 1 aromatic rings. The van der Waals surface area contributed by atoms with Gasteiger partial charge in [-0.05, 0) is 14.0 Å². The Labute approximate surface area is 60.2 Å². The van der Waals surface area contributed by atoms with E-state index < -0.39 is 0 Å². The third-order valence-corrected chi connectivity index (χ3v) is 1.39. The van der Waals surface area contributed by atoms with Crippen LogP contribution in [0.1, 0.15) is 13.0 Å². The molecule has 0 radical (unpaired) electrons. The summed E-state index contributed by atoms with van der Waals surface area (Å²) in [5, 5.41) is 10.6. The van der Waals surface area contributed by atoms with Crippen molar-refractivity contribution in [2.24, 2.45) is 0 Å². The lowest BCUT2D eigenvalue weighted by Gasteiger charge is -2.08. The number of likely N-dealkylation sites (N-methyl/N-ethyl adjacent to an activating group) is 1. The Morgan fingerprint density at radius 2 is 2.50 bits per heavy atom. The van der Waals surface area contributed by atoms with E-state index in [1.807, 2.05) is 17.9 Å².